The smallest absolute Gasteiger partial charge is 0.173 e. The van der Waals surface area contributed by atoms with Gasteiger partial charge in [-0.2, -0.15) is 0 Å². The molecule has 2 aliphatic carbocycles. The molecule has 1 atom stereocenters. The average molecular weight is 604 g/mol. The Morgan fingerprint density at radius 2 is 1.70 bits per heavy atom. The van der Waals surface area contributed by atoms with E-state index in [1.165, 1.54) is 35.3 Å². The molecule has 0 bridgehead atoms. The van der Waals surface area contributed by atoms with Gasteiger partial charge in [-0.1, -0.05) is 106 Å². The van der Waals surface area contributed by atoms with Crippen molar-refractivity contribution < 1.29 is 4.39 Å². The van der Waals surface area contributed by atoms with Crippen LogP contribution in [0.5, 0.6) is 0 Å². The summed E-state index contributed by atoms with van der Waals surface area (Å²) in [5.41, 5.74) is 7.12. The zero-order valence-electron chi connectivity index (χ0n) is 27.4. The highest BCUT2D eigenvalue weighted by atomic mass is 32.1. The van der Waals surface area contributed by atoms with Gasteiger partial charge in [0.15, 0.2) is 5.11 Å². The molecular weight excluding hydrogens is 550 g/mol. The van der Waals surface area contributed by atoms with Crippen molar-refractivity contribution in [2.75, 3.05) is 18.4 Å². The van der Waals surface area contributed by atoms with Gasteiger partial charge in [-0.3, -0.25) is 0 Å². The maximum absolute atomic E-state index is 13.5. The van der Waals surface area contributed by atoms with Crippen LogP contribution >= 0.6 is 12.2 Å². The van der Waals surface area contributed by atoms with E-state index in [0.29, 0.717) is 0 Å². The highest BCUT2D eigenvalue weighted by Crippen LogP contribution is 2.33. The molecule has 0 amide bonds. The summed E-state index contributed by atoms with van der Waals surface area (Å²) in [6.45, 7) is 18.2. The molecule has 234 valence electrons. The molecule has 43 heavy (non-hydrogen) atoms. The van der Waals surface area contributed by atoms with Crippen LogP contribution in [-0.4, -0.2) is 28.6 Å². The second kappa shape index (κ2) is 19.2. The Labute approximate surface area is 267 Å². The molecule has 0 aliphatic heterocycles. The highest BCUT2D eigenvalue weighted by Gasteiger charge is 2.33. The number of thiocarbonyl (C=S) groups is 1. The highest BCUT2D eigenvalue weighted by molar-refractivity contribution is 7.80. The third-order valence-electron chi connectivity index (χ3n) is 7.26. The number of para-hydroxylation sites is 1. The summed E-state index contributed by atoms with van der Waals surface area (Å²) in [4.78, 5) is 2.31. The fourth-order valence-corrected chi connectivity index (χ4v) is 5.84. The van der Waals surface area contributed by atoms with E-state index in [4.69, 9.17) is 12.2 Å². The second-order valence-electron chi connectivity index (χ2n) is 11.5. The van der Waals surface area contributed by atoms with Gasteiger partial charge in [0.1, 0.15) is 5.82 Å². The molecule has 0 aromatic heterocycles. The molecule has 5 heteroatoms. The number of anilines is 1. The van der Waals surface area contributed by atoms with Gasteiger partial charge in [-0.15, -0.1) is 0 Å². The lowest BCUT2D eigenvalue weighted by Gasteiger charge is -2.30. The van der Waals surface area contributed by atoms with Crippen molar-refractivity contribution in [2.45, 2.75) is 98.4 Å². The number of nitrogens with zero attached hydrogens (tertiary/aromatic N) is 1. The number of benzene rings is 2. The normalized spacial score (nSPS) is 17.1. The van der Waals surface area contributed by atoms with E-state index in [1.807, 2.05) is 63.2 Å². The summed E-state index contributed by atoms with van der Waals surface area (Å²) in [7, 11) is 0. The predicted octanol–water partition coefficient (Wildman–Crippen LogP) is 10.5. The van der Waals surface area contributed by atoms with E-state index >= 15 is 0 Å². The van der Waals surface area contributed by atoms with Crippen LogP contribution in [0.25, 0.3) is 0 Å². The van der Waals surface area contributed by atoms with E-state index in [2.05, 4.69) is 61.1 Å². The molecule has 2 aliphatic rings. The molecule has 2 aromatic carbocycles. The molecule has 4 rings (SSSR count). The maximum Gasteiger partial charge on any atom is 0.173 e. The summed E-state index contributed by atoms with van der Waals surface area (Å²) in [6, 6.07) is 17.0. The van der Waals surface area contributed by atoms with E-state index in [0.717, 1.165) is 80.1 Å². The van der Waals surface area contributed by atoms with Gasteiger partial charge in [0.25, 0.3) is 0 Å². The predicted molar refractivity (Wildman–Crippen MR) is 190 cm³/mol. The van der Waals surface area contributed by atoms with Crippen molar-refractivity contribution >= 4 is 23.0 Å². The van der Waals surface area contributed by atoms with Gasteiger partial charge in [-0.25, -0.2) is 4.39 Å². The van der Waals surface area contributed by atoms with Crippen molar-refractivity contribution in [3.63, 3.8) is 0 Å². The monoisotopic (exact) mass is 603 g/mol. The third kappa shape index (κ3) is 12.9. The minimum Gasteiger partial charge on any atom is -0.380 e. The largest absolute Gasteiger partial charge is 0.380 e. The molecule has 3 nitrogen and oxygen atoms in total. The van der Waals surface area contributed by atoms with Crippen LogP contribution in [-0.2, 0) is 6.42 Å². The summed E-state index contributed by atoms with van der Waals surface area (Å²) >= 11 is 5.92. The third-order valence-corrected chi connectivity index (χ3v) is 7.62. The Morgan fingerprint density at radius 3 is 2.33 bits per heavy atom. The van der Waals surface area contributed by atoms with Crippen LogP contribution < -0.4 is 10.6 Å². The van der Waals surface area contributed by atoms with Gasteiger partial charge in [0, 0.05) is 24.5 Å². The molecular formula is C38H54FN3S. The molecule has 2 aromatic rings. The molecule has 0 saturated carbocycles. The summed E-state index contributed by atoms with van der Waals surface area (Å²) in [5, 5.41) is 7.85. The van der Waals surface area contributed by atoms with Gasteiger partial charge >= 0.3 is 0 Å². The minimum atomic E-state index is -0.226. The number of rotatable bonds is 11. The van der Waals surface area contributed by atoms with E-state index in [-0.39, 0.29) is 11.4 Å². The first kappa shape index (κ1) is 36.0. The van der Waals surface area contributed by atoms with Crippen LogP contribution in [0.2, 0.25) is 0 Å². The van der Waals surface area contributed by atoms with Crippen LogP contribution in [0.3, 0.4) is 0 Å². The standard InChI is InChI=1S/C33H40FN3S.C3H8.C2H6/c1-25(2)36-33(22-28-14-16-30(34)17-15-28)19-18-29(23-33)24-37(32(38)35-31-12-5-4-6-13-31)20-8-11-27-10-7-9-26(3)21-27;1-3-2;1-2/h4-6,9,12-17,21,23,36H,1,7-8,10-11,18-20,22,24H2,2-3H3,(H,35,38);3H2,1-2H3;1-2H3. The van der Waals surface area contributed by atoms with Crippen LogP contribution in [0.1, 0.15) is 92.1 Å². The topological polar surface area (TPSA) is 27.3 Å². The van der Waals surface area contributed by atoms with Crippen molar-refractivity contribution in [3.05, 3.63) is 113 Å². The number of hydrogen-bond acceptors (Lipinski definition) is 2. The zero-order chi connectivity index (χ0) is 31.7. The van der Waals surface area contributed by atoms with Gasteiger partial charge < -0.3 is 15.5 Å². The van der Waals surface area contributed by atoms with E-state index in [1.54, 1.807) is 0 Å². The van der Waals surface area contributed by atoms with Crippen molar-refractivity contribution in [3.8, 4) is 0 Å². The van der Waals surface area contributed by atoms with Gasteiger partial charge in [-0.05, 0) is 101 Å². The number of halogens is 1. The first-order chi connectivity index (χ1) is 20.7. The minimum absolute atomic E-state index is 0.205. The molecule has 0 radical (unpaired) electrons. The van der Waals surface area contributed by atoms with Crippen molar-refractivity contribution in [2.24, 2.45) is 0 Å². The summed E-state index contributed by atoms with van der Waals surface area (Å²) < 4.78 is 13.5. The van der Waals surface area contributed by atoms with Crippen molar-refractivity contribution in [1.29, 1.82) is 0 Å². The van der Waals surface area contributed by atoms with Crippen LogP contribution in [0, 0.1) is 5.82 Å². The van der Waals surface area contributed by atoms with Crippen LogP contribution in [0.4, 0.5) is 10.1 Å². The lowest BCUT2D eigenvalue weighted by atomic mass is 9.90. The first-order valence-electron chi connectivity index (χ1n) is 16.1. The lowest BCUT2D eigenvalue weighted by Crippen LogP contribution is -2.42. The van der Waals surface area contributed by atoms with E-state index in [9.17, 15) is 4.39 Å². The zero-order valence-corrected chi connectivity index (χ0v) is 28.3. The maximum atomic E-state index is 13.5. The Balaban J connectivity index is 0.00000121. The molecule has 0 spiro atoms. The molecule has 1 unspecified atom stereocenters. The van der Waals surface area contributed by atoms with Crippen LogP contribution in [0.15, 0.2) is 102 Å². The Bertz CT molecular complexity index is 1230. The SMILES string of the molecule is C=C(C)NC1(Cc2ccc(F)cc2)C=C(CN(CCCC2=CC(C)=CCC2)C(=S)Nc2ccccc2)CC1.CC.CCC. The molecule has 0 fully saturated rings. The molecule has 0 heterocycles. The van der Waals surface area contributed by atoms with Crippen molar-refractivity contribution in [1.82, 2.24) is 10.2 Å². The fraction of sp³-hybridized carbons (Fsp3) is 0.447. The first-order valence-corrected chi connectivity index (χ1v) is 16.5. The quantitative estimate of drug-likeness (QED) is 0.197. The number of allylic oxidation sites excluding steroid dienone is 5. The fourth-order valence-electron chi connectivity index (χ4n) is 5.57. The second-order valence-corrected chi connectivity index (χ2v) is 11.9. The van der Waals surface area contributed by atoms with Gasteiger partial charge in [0.2, 0.25) is 0 Å². The Morgan fingerprint density at radius 1 is 1.02 bits per heavy atom. The average Bonchev–Trinajstić information content (AvgIpc) is 3.37. The summed E-state index contributed by atoms with van der Waals surface area (Å²) in [5.74, 6) is -0.205. The Kier molecular flexibility index (Phi) is 16.1. The molecule has 2 N–H and O–H groups in total. The lowest BCUT2D eigenvalue weighted by molar-refractivity contribution is 0.426. The number of hydrogen-bond donors (Lipinski definition) is 2. The summed E-state index contributed by atoms with van der Waals surface area (Å²) in [6.07, 6.45) is 15.5. The van der Waals surface area contributed by atoms with E-state index < -0.39 is 0 Å². The molecule has 0 saturated heterocycles. The number of nitrogens with one attached hydrogen (secondary N) is 2. The van der Waals surface area contributed by atoms with Gasteiger partial charge in [0.05, 0.1) is 5.54 Å². The Hall–Kier alpha value is -3.18.